The molecule has 0 radical (unpaired) electrons. The van der Waals surface area contributed by atoms with E-state index in [0.29, 0.717) is 27.9 Å². The quantitative estimate of drug-likeness (QED) is 0.393. The van der Waals surface area contributed by atoms with Crippen LogP contribution in [0.3, 0.4) is 0 Å². The Balaban J connectivity index is 1.77. The summed E-state index contributed by atoms with van der Waals surface area (Å²) in [5.41, 5.74) is 2.07. The van der Waals surface area contributed by atoms with Gasteiger partial charge in [0.25, 0.3) is 0 Å². The molecular formula is C24H24Cl2N2O6S. The predicted molar refractivity (Wildman–Crippen MR) is 136 cm³/mol. The van der Waals surface area contributed by atoms with Crippen LogP contribution in [0.25, 0.3) is 0 Å². The number of sulfonamides is 1. The molecule has 3 rings (SSSR count). The molecule has 186 valence electrons. The largest absolute Gasteiger partial charge is 0.495 e. The zero-order valence-corrected chi connectivity index (χ0v) is 21.6. The van der Waals surface area contributed by atoms with Crippen molar-refractivity contribution < 1.29 is 27.4 Å². The highest BCUT2D eigenvalue weighted by Gasteiger charge is 2.24. The molecule has 0 aliphatic rings. The number of hydrogen-bond donors (Lipinski definition) is 2. The summed E-state index contributed by atoms with van der Waals surface area (Å²) < 4.78 is 43.7. The summed E-state index contributed by atoms with van der Waals surface area (Å²) in [5, 5.41) is 3.80. The first-order chi connectivity index (χ1) is 16.7. The zero-order valence-electron chi connectivity index (χ0n) is 19.2. The van der Waals surface area contributed by atoms with Crippen LogP contribution in [-0.4, -0.2) is 42.2 Å². The summed E-state index contributed by atoms with van der Waals surface area (Å²) >= 11 is 12.4. The molecule has 0 heterocycles. The van der Waals surface area contributed by atoms with E-state index in [2.05, 4.69) is 10.0 Å². The van der Waals surface area contributed by atoms with Gasteiger partial charge in [-0.05, 0) is 35.4 Å². The number of halogens is 2. The van der Waals surface area contributed by atoms with Crippen molar-refractivity contribution in [2.24, 2.45) is 0 Å². The molecule has 0 fully saturated rings. The van der Waals surface area contributed by atoms with E-state index >= 15 is 0 Å². The van der Waals surface area contributed by atoms with Gasteiger partial charge in [0.15, 0.2) is 11.5 Å². The van der Waals surface area contributed by atoms with Crippen LogP contribution in [0.2, 0.25) is 10.0 Å². The van der Waals surface area contributed by atoms with Gasteiger partial charge in [-0.2, -0.15) is 0 Å². The summed E-state index contributed by atoms with van der Waals surface area (Å²) in [5.74, 6) is -0.0376. The molecule has 0 aliphatic carbocycles. The van der Waals surface area contributed by atoms with Gasteiger partial charge < -0.3 is 19.5 Å². The summed E-state index contributed by atoms with van der Waals surface area (Å²) in [6.45, 7) is -0.520. The molecular weight excluding hydrogens is 515 g/mol. The molecule has 11 heteroatoms. The van der Waals surface area contributed by atoms with Crippen LogP contribution in [0.1, 0.15) is 11.1 Å². The Morgan fingerprint density at radius 3 is 2.17 bits per heavy atom. The van der Waals surface area contributed by atoms with Crippen molar-refractivity contribution in [3.8, 4) is 17.2 Å². The van der Waals surface area contributed by atoms with Crippen molar-refractivity contribution in [3.63, 3.8) is 0 Å². The number of carbonyl (C=O) groups excluding carboxylic acids is 1. The fourth-order valence-corrected chi connectivity index (χ4v) is 4.86. The third-order valence-electron chi connectivity index (χ3n) is 5.06. The van der Waals surface area contributed by atoms with E-state index in [4.69, 9.17) is 37.4 Å². The maximum absolute atomic E-state index is 12.9. The molecule has 2 N–H and O–H groups in total. The fourth-order valence-electron chi connectivity index (χ4n) is 3.32. The predicted octanol–water partition coefficient (Wildman–Crippen LogP) is 4.53. The highest BCUT2D eigenvalue weighted by Crippen LogP contribution is 2.36. The standard InChI is InChI=1S/C24H24Cl2N2O6S/c1-32-20-12-22(34-3)23(13-21(20)33-2)35(30,31)27-14-24(29)28-19-9-8-17(25)11-16(19)10-15-6-4-5-7-18(15)26/h4-9,11-13,27H,10,14H2,1-3H3,(H,28,29). The molecule has 8 nitrogen and oxygen atoms in total. The smallest absolute Gasteiger partial charge is 0.244 e. The average molecular weight is 539 g/mol. The normalized spacial score (nSPS) is 11.1. The number of ether oxygens (including phenoxy) is 3. The van der Waals surface area contributed by atoms with Gasteiger partial charge in [0.05, 0.1) is 27.9 Å². The van der Waals surface area contributed by atoms with Crippen LogP contribution in [0.5, 0.6) is 17.2 Å². The fraction of sp³-hybridized carbons (Fsp3) is 0.208. The Labute approximate surface area is 214 Å². The SMILES string of the molecule is COc1cc(OC)c(S(=O)(=O)NCC(=O)Nc2ccc(Cl)cc2Cc2ccccc2Cl)cc1OC. The van der Waals surface area contributed by atoms with E-state index in [9.17, 15) is 13.2 Å². The Bertz CT molecular complexity index is 1330. The minimum Gasteiger partial charge on any atom is -0.495 e. The molecule has 0 unspecified atom stereocenters. The second-order valence-corrected chi connectivity index (χ2v) is 9.88. The van der Waals surface area contributed by atoms with Gasteiger partial charge in [-0.1, -0.05) is 41.4 Å². The topological polar surface area (TPSA) is 103 Å². The number of hydrogen-bond acceptors (Lipinski definition) is 6. The number of methoxy groups -OCH3 is 3. The first-order valence-corrected chi connectivity index (χ1v) is 12.5. The van der Waals surface area contributed by atoms with E-state index in [0.717, 1.165) is 11.1 Å². The molecule has 3 aromatic rings. The lowest BCUT2D eigenvalue weighted by Crippen LogP contribution is -2.33. The van der Waals surface area contributed by atoms with Gasteiger partial charge in [-0.3, -0.25) is 4.79 Å². The molecule has 0 aliphatic heterocycles. The minimum atomic E-state index is -4.13. The average Bonchev–Trinajstić information content (AvgIpc) is 2.85. The van der Waals surface area contributed by atoms with Crippen LogP contribution in [0, 0.1) is 0 Å². The number of carbonyl (C=O) groups is 1. The van der Waals surface area contributed by atoms with Gasteiger partial charge in [-0.25, -0.2) is 13.1 Å². The van der Waals surface area contributed by atoms with Gasteiger partial charge in [-0.15, -0.1) is 0 Å². The van der Waals surface area contributed by atoms with Crippen molar-refractivity contribution in [2.75, 3.05) is 33.2 Å². The number of rotatable bonds is 10. The Hall–Kier alpha value is -2.98. The minimum absolute atomic E-state index is 0.0373. The number of benzene rings is 3. The van der Waals surface area contributed by atoms with E-state index in [1.165, 1.54) is 33.5 Å². The van der Waals surface area contributed by atoms with Crippen LogP contribution >= 0.6 is 23.2 Å². The van der Waals surface area contributed by atoms with Crippen molar-refractivity contribution >= 4 is 44.8 Å². The molecule has 35 heavy (non-hydrogen) atoms. The number of anilines is 1. The maximum atomic E-state index is 12.9. The molecule has 0 spiro atoms. The van der Waals surface area contributed by atoms with Crippen LogP contribution in [-0.2, 0) is 21.2 Å². The summed E-state index contributed by atoms with van der Waals surface area (Å²) in [6.07, 6.45) is 0.421. The molecule has 1 amide bonds. The summed E-state index contributed by atoms with van der Waals surface area (Å²) in [7, 11) is 0.00282. The molecule has 0 saturated heterocycles. The highest BCUT2D eigenvalue weighted by atomic mass is 35.5. The summed E-state index contributed by atoms with van der Waals surface area (Å²) in [6, 6.07) is 15.0. The highest BCUT2D eigenvalue weighted by molar-refractivity contribution is 7.89. The number of nitrogens with one attached hydrogen (secondary N) is 2. The maximum Gasteiger partial charge on any atom is 0.244 e. The van der Waals surface area contributed by atoms with Gasteiger partial charge in [0.1, 0.15) is 10.6 Å². The zero-order chi connectivity index (χ0) is 25.6. The first kappa shape index (κ1) is 26.6. The lowest BCUT2D eigenvalue weighted by atomic mass is 10.0. The summed E-state index contributed by atoms with van der Waals surface area (Å²) in [4.78, 5) is 12.5. The molecule has 3 aromatic carbocycles. The van der Waals surface area contributed by atoms with Crippen LogP contribution < -0.4 is 24.2 Å². The van der Waals surface area contributed by atoms with Crippen molar-refractivity contribution in [1.82, 2.24) is 4.72 Å². The Morgan fingerprint density at radius 1 is 0.857 bits per heavy atom. The van der Waals surface area contributed by atoms with Gasteiger partial charge in [0, 0.05) is 34.3 Å². The molecule has 0 saturated carbocycles. The lowest BCUT2D eigenvalue weighted by molar-refractivity contribution is -0.115. The van der Waals surface area contributed by atoms with Gasteiger partial charge in [0.2, 0.25) is 15.9 Å². The van der Waals surface area contributed by atoms with E-state index < -0.39 is 22.5 Å². The first-order valence-electron chi connectivity index (χ1n) is 10.3. The van der Waals surface area contributed by atoms with E-state index in [1.54, 1.807) is 24.3 Å². The molecule has 0 aromatic heterocycles. The van der Waals surface area contributed by atoms with E-state index in [-0.39, 0.29) is 16.4 Å². The molecule has 0 bridgehead atoms. The molecule has 0 atom stereocenters. The second kappa shape index (κ2) is 11.6. The van der Waals surface area contributed by atoms with Crippen molar-refractivity contribution in [1.29, 1.82) is 0 Å². The monoisotopic (exact) mass is 538 g/mol. The number of amides is 1. The van der Waals surface area contributed by atoms with Crippen LogP contribution in [0.4, 0.5) is 5.69 Å². The van der Waals surface area contributed by atoms with Crippen molar-refractivity contribution in [3.05, 3.63) is 75.8 Å². The lowest BCUT2D eigenvalue weighted by Gasteiger charge is -2.15. The van der Waals surface area contributed by atoms with Crippen LogP contribution in [0.15, 0.2) is 59.5 Å². The second-order valence-electron chi connectivity index (χ2n) is 7.30. The van der Waals surface area contributed by atoms with Crippen molar-refractivity contribution in [2.45, 2.75) is 11.3 Å². The van der Waals surface area contributed by atoms with Gasteiger partial charge >= 0.3 is 0 Å². The Kier molecular flexibility index (Phi) is 8.85. The van der Waals surface area contributed by atoms with E-state index in [1.807, 2.05) is 18.2 Å². The Morgan fingerprint density at radius 2 is 1.51 bits per heavy atom. The third-order valence-corrected chi connectivity index (χ3v) is 7.09. The third kappa shape index (κ3) is 6.58.